The first kappa shape index (κ1) is 13.2. The van der Waals surface area contributed by atoms with Crippen molar-refractivity contribution in [3.05, 3.63) is 70.4 Å². The molecule has 102 valence electrons. The van der Waals surface area contributed by atoms with Crippen molar-refractivity contribution >= 4 is 23.4 Å². The predicted molar refractivity (Wildman–Crippen MR) is 85.7 cm³/mol. The normalized spacial score (nSPS) is 15.6. The standard InChI is InChI=1S/C17H17ClN2/c1-12(19)17-10-13-6-5-9-16(18)15(13)11-20(17)14-7-3-2-4-8-14/h2-10,12H,11,19H2,1H3. The van der Waals surface area contributed by atoms with Crippen LogP contribution in [0.4, 0.5) is 5.69 Å². The van der Waals surface area contributed by atoms with Crippen LogP contribution in [0.3, 0.4) is 0 Å². The molecule has 3 rings (SSSR count). The van der Waals surface area contributed by atoms with E-state index >= 15 is 0 Å². The molecule has 0 aliphatic carbocycles. The highest BCUT2D eigenvalue weighted by atomic mass is 35.5. The third-order valence-electron chi connectivity index (χ3n) is 3.62. The smallest absolute Gasteiger partial charge is 0.0500 e. The Balaban J connectivity index is 2.11. The van der Waals surface area contributed by atoms with Gasteiger partial charge in [-0.05, 0) is 42.3 Å². The van der Waals surface area contributed by atoms with Crippen LogP contribution in [0.1, 0.15) is 18.1 Å². The fourth-order valence-electron chi connectivity index (χ4n) is 2.59. The van der Waals surface area contributed by atoms with E-state index in [2.05, 4.69) is 29.2 Å². The van der Waals surface area contributed by atoms with Gasteiger partial charge in [-0.1, -0.05) is 41.9 Å². The van der Waals surface area contributed by atoms with Crippen LogP contribution >= 0.6 is 11.6 Å². The highest BCUT2D eigenvalue weighted by Crippen LogP contribution is 2.33. The molecule has 1 aliphatic heterocycles. The number of nitrogens with two attached hydrogens (primary N) is 1. The first-order valence-electron chi connectivity index (χ1n) is 6.74. The van der Waals surface area contributed by atoms with Crippen LogP contribution in [0.2, 0.25) is 5.02 Å². The Morgan fingerprint density at radius 2 is 1.85 bits per heavy atom. The summed E-state index contributed by atoms with van der Waals surface area (Å²) in [4.78, 5) is 2.24. The summed E-state index contributed by atoms with van der Waals surface area (Å²) in [6.07, 6.45) is 2.14. The van der Waals surface area contributed by atoms with Gasteiger partial charge in [0.2, 0.25) is 0 Å². The highest BCUT2D eigenvalue weighted by Gasteiger charge is 2.23. The number of hydrogen-bond acceptors (Lipinski definition) is 2. The fraction of sp³-hybridized carbons (Fsp3) is 0.176. The van der Waals surface area contributed by atoms with Crippen LogP contribution in [0.15, 0.2) is 54.2 Å². The van der Waals surface area contributed by atoms with Gasteiger partial charge < -0.3 is 10.6 Å². The van der Waals surface area contributed by atoms with E-state index in [-0.39, 0.29) is 6.04 Å². The molecule has 20 heavy (non-hydrogen) atoms. The molecule has 0 saturated carbocycles. The summed E-state index contributed by atoms with van der Waals surface area (Å²) in [5.74, 6) is 0. The Kier molecular flexibility index (Phi) is 3.51. The summed E-state index contributed by atoms with van der Waals surface area (Å²) in [6, 6.07) is 16.3. The molecule has 0 fully saturated rings. The number of anilines is 1. The minimum absolute atomic E-state index is 0.0256. The molecule has 0 bridgehead atoms. The number of para-hydroxylation sites is 1. The first-order chi connectivity index (χ1) is 9.66. The van der Waals surface area contributed by atoms with Crippen molar-refractivity contribution in [2.45, 2.75) is 19.5 Å². The number of hydrogen-bond donors (Lipinski definition) is 1. The van der Waals surface area contributed by atoms with E-state index in [1.165, 1.54) is 0 Å². The second-order valence-electron chi connectivity index (χ2n) is 5.09. The Labute approximate surface area is 124 Å². The lowest BCUT2D eigenvalue weighted by Crippen LogP contribution is -2.35. The van der Waals surface area contributed by atoms with E-state index in [9.17, 15) is 0 Å². The van der Waals surface area contributed by atoms with Crippen molar-refractivity contribution in [1.82, 2.24) is 0 Å². The lowest BCUT2D eigenvalue weighted by molar-refractivity contribution is 0.768. The van der Waals surface area contributed by atoms with Gasteiger partial charge >= 0.3 is 0 Å². The maximum Gasteiger partial charge on any atom is 0.0500 e. The summed E-state index contributed by atoms with van der Waals surface area (Å²) >= 11 is 6.34. The molecule has 1 unspecified atom stereocenters. The van der Waals surface area contributed by atoms with Crippen LogP contribution in [-0.2, 0) is 6.54 Å². The second-order valence-corrected chi connectivity index (χ2v) is 5.49. The number of rotatable bonds is 2. The summed E-state index contributed by atoms with van der Waals surface area (Å²) < 4.78 is 0. The predicted octanol–water partition coefficient (Wildman–Crippen LogP) is 4.05. The van der Waals surface area contributed by atoms with Crippen molar-refractivity contribution in [2.24, 2.45) is 5.73 Å². The molecule has 0 amide bonds. The van der Waals surface area contributed by atoms with Crippen LogP contribution in [-0.4, -0.2) is 6.04 Å². The molecule has 1 heterocycles. The molecular weight excluding hydrogens is 268 g/mol. The third kappa shape index (κ3) is 2.33. The molecular formula is C17H17ClN2. The minimum Gasteiger partial charge on any atom is -0.339 e. The van der Waals surface area contributed by atoms with Gasteiger partial charge in [0.25, 0.3) is 0 Å². The van der Waals surface area contributed by atoms with E-state index in [1.807, 2.05) is 37.3 Å². The maximum absolute atomic E-state index is 6.34. The molecule has 2 N–H and O–H groups in total. The average Bonchev–Trinajstić information content (AvgIpc) is 2.47. The van der Waals surface area contributed by atoms with Gasteiger partial charge in [-0.15, -0.1) is 0 Å². The van der Waals surface area contributed by atoms with Gasteiger partial charge in [-0.2, -0.15) is 0 Å². The Hall–Kier alpha value is -1.77. The van der Waals surface area contributed by atoms with Crippen LogP contribution in [0, 0.1) is 0 Å². The van der Waals surface area contributed by atoms with Gasteiger partial charge in [0.05, 0.1) is 0 Å². The van der Waals surface area contributed by atoms with Gasteiger partial charge in [-0.25, -0.2) is 0 Å². The number of benzene rings is 2. The molecule has 2 aromatic carbocycles. The van der Waals surface area contributed by atoms with E-state index in [4.69, 9.17) is 17.3 Å². The van der Waals surface area contributed by atoms with Crippen LogP contribution < -0.4 is 10.6 Å². The number of nitrogens with zero attached hydrogens (tertiary/aromatic N) is 1. The zero-order chi connectivity index (χ0) is 14.1. The largest absolute Gasteiger partial charge is 0.339 e. The SMILES string of the molecule is CC(N)C1=Cc2cccc(Cl)c2CN1c1ccccc1. The van der Waals surface area contributed by atoms with Crippen molar-refractivity contribution in [1.29, 1.82) is 0 Å². The summed E-state index contributed by atoms with van der Waals surface area (Å²) in [5.41, 5.74) is 10.7. The molecule has 2 nitrogen and oxygen atoms in total. The summed E-state index contributed by atoms with van der Waals surface area (Å²) in [7, 11) is 0. The number of halogens is 1. The molecule has 1 aliphatic rings. The van der Waals surface area contributed by atoms with Crippen molar-refractivity contribution < 1.29 is 0 Å². The lowest BCUT2D eigenvalue weighted by atomic mass is 9.98. The van der Waals surface area contributed by atoms with Gasteiger partial charge in [0.15, 0.2) is 0 Å². The molecule has 2 aromatic rings. The van der Waals surface area contributed by atoms with Crippen molar-refractivity contribution in [2.75, 3.05) is 4.90 Å². The summed E-state index contributed by atoms with van der Waals surface area (Å²) in [6.45, 7) is 2.77. The van der Waals surface area contributed by atoms with E-state index < -0.39 is 0 Å². The monoisotopic (exact) mass is 284 g/mol. The zero-order valence-corrected chi connectivity index (χ0v) is 12.1. The lowest BCUT2D eigenvalue weighted by Gasteiger charge is -2.34. The van der Waals surface area contributed by atoms with E-state index in [0.29, 0.717) is 0 Å². The summed E-state index contributed by atoms with van der Waals surface area (Å²) in [5, 5.41) is 0.809. The van der Waals surface area contributed by atoms with Crippen molar-refractivity contribution in [3.8, 4) is 0 Å². The number of fused-ring (bicyclic) bond motifs is 1. The van der Waals surface area contributed by atoms with E-state index in [0.717, 1.165) is 34.1 Å². The van der Waals surface area contributed by atoms with Crippen molar-refractivity contribution in [3.63, 3.8) is 0 Å². The first-order valence-corrected chi connectivity index (χ1v) is 7.12. The van der Waals surface area contributed by atoms with Gasteiger partial charge in [0.1, 0.15) is 0 Å². The minimum atomic E-state index is -0.0256. The van der Waals surface area contributed by atoms with Crippen LogP contribution in [0.5, 0.6) is 0 Å². The molecule has 0 spiro atoms. The van der Waals surface area contributed by atoms with E-state index in [1.54, 1.807) is 0 Å². The molecule has 1 atom stereocenters. The molecule has 0 radical (unpaired) electrons. The molecule has 0 saturated heterocycles. The highest BCUT2D eigenvalue weighted by molar-refractivity contribution is 6.31. The second kappa shape index (κ2) is 5.31. The molecule has 0 aromatic heterocycles. The topological polar surface area (TPSA) is 29.3 Å². The maximum atomic E-state index is 6.34. The van der Waals surface area contributed by atoms with Gasteiger partial charge in [-0.3, -0.25) is 0 Å². The Morgan fingerprint density at radius 3 is 2.55 bits per heavy atom. The van der Waals surface area contributed by atoms with Crippen LogP contribution in [0.25, 0.3) is 6.08 Å². The Morgan fingerprint density at radius 1 is 1.10 bits per heavy atom. The molecule has 3 heteroatoms. The third-order valence-corrected chi connectivity index (χ3v) is 3.97. The fourth-order valence-corrected chi connectivity index (χ4v) is 2.83. The quantitative estimate of drug-likeness (QED) is 0.901. The Bertz CT molecular complexity index is 647. The average molecular weight is 285 g/mol. The van der Waals surface area contributed by atoms with Gasteiger partial charge in [0, 0.05) is 29.0 Å². The zero-order valence-electron chi connectivity index (χ0n) is 11.4.